The lowest BCUT2D eigenvalue weighted by molar-refractivity contribution is -0.384. The highest BCUT2D eigenvalue weighted by Crippen LogP contribution is 2.41. The Kier molecular flexibility index (Phi) is 7.08. The van der Waals surface area contributed by atoms with Gasteiger partial charge in [-0.3, -0.25) is 20.0 Å². The highest BCUT2D eigenvalue weighted by Gasteiger charge is 2.17. The third kappa shape index (κ3) is 5.12. The highest BCUT2D eigenvalue weighted by atomic mass is 32.2. The number of hydrogen-bond donors (Lipinski definition) is 1. The molecule has 3 aromatic rings. The second-order valence-corrected chi connectivity index (χ2v) is 7.07. The molecule has 0 spiro atoms. The molecule has 0 radical (unpaired) electrons. The first kappa shape index (κ1) is 22.1. The van der Waals surface area contributed by atoms with Crippen LogP contribution in [0.3, 0.4) is 0 Å². The number of carbonyl (C=O) groups excluding carboxylic acids is 1. The summed E-state index contributed by atoms with van der Waals surface area (Å²) in [7, 11) is 3.07. The number of H-pyrrole nitrogens is 1. The smallest absolute Gasteiger partial charge is 0.269 e. The van der Waals surface area contributed by atoms with E-state index in [0.717, 1.165) is 11.8 Å². The third-order valence-corrected chi connectivity index (χ3v) is 5.07. The van der Waals surface area contributed by atoms with Crippen LogP contribution >= 0.6 is 11.8 Å². The number of aromatic nitrogens is 3. The minimum Gasteiger partial charge on any atom is -0.493 e. The monoisotopic (exact) mass is 444 g/mol. The molecule has 2 aromatic carbocycles. The molecule has 0 saturated carbocycles. The van der Waals surface area contributed by atoms with Crippen LogP contribution < -0.4 is 14.2 Å². The molecule has 0 amide bonds. The molecular formula is C20H20N4O6S. The zero-order valence-electron chi connectivity index (χ0n) is 17.1. The number of nitro benzene ring substituents is 1. The second kappa shape index (κ2) is 9.94. The van der Waals surface area contributed by atoms with E-state index in [4.69, 9.17) is 14.2 Å². The first-order chi connectivity index (χ1) is 15.0. The summed E-state index contributed by atoms with van der Waals surface area (Å²) in [4.78, 5) is 27.0. The topological polar surface area (TPSA) is 129 Å². The number of nitrogens with zero attached hydrogens (tertiary/aromatic N) is 3. The van der Waals surface area contributed by atoms with Crippen LogP contribution in [0.15, 0.2) is 41.6 Å². The highest BCUT2D eigenvalue weighted by molar-refractivity contribution is 7.99. The molecule has 1 aromatic heterocycles. The van der Waals surface area contributed by atoms with E-state index in [1.807, 2.05) is 6.92 Å². The van der Waals surface area contributed by atoms with Gasteiger partial charge in [-0.05, 0) is 31.2 Å². The van der Waals surface area contributed by atoms with E-state index >= 15 is 0 Å². The minimum absolute atomic E-state index is 0.0657. The number of nitrogens with one attached hydrogen (secondary N) is 1. The third-order valence-electron chi connectivity index (χ3n) is 4.22. The molecule has 1 N–H and O–H groups in total. The summed E-state index contributed by atoms with van der Waals surface area (Å²) in [5, 5.41) is 18.1. The normalized spacial score (nSPS) is 10.5. The first-order valence-corrected chi connectivity index (χ1v) is 10.2. The number of ketones is 1. The van der Waals surface area contributed by atoms with Gasteiger partial charge in [0.15, 0.2) is 23.1 Å². The Morgan fingerprint density at radius 3 is 2.35 bits per heavy atom. The van der Waals surface area contributed by atoms with Gasteiger partial charge in [-0.25, -0.2) is 4.98 Å². The SMILES string of the molecule is CCOc1c(OC)cc(-c2nc(SCC(=O)c3ccc([N+](=O)[O-])cc3)n[nH]2)cc1OC. The summed E-state index contributed by atoms with van der Waals surface area (Å²) in [6.07, 6.45) is 0. The van der Waals surface area contributed by atoms with Crippen LogP contribution in [0.4, 0.5) is 5.69 Å². The van der Waals surface area contributed by atoms with Crippen molar-refractivity contribution in [1.29, 1.82) is 0 Å². The molecule has 0 fully saturated rings. The summed E-state index contributed by atoms with van der Waals surface area (Å²) in [6, 6.07) is 8.98. The summed E-state index contributed by atoms with van der Waals surface area (Å²) in [6.45, 7) is 2.32. The van der Waals surface area contributed by atoms with Crippen molar-refractivity contribution < 1.29 is 23.9 Å². The maximum absolute atomic E-state index is 12.3. The van der Waals surface area contributed by atoms with Gasteiger partial charge in [0.2, 0.25) is 10.9 Å². The zero-order valence-corrected chi connectivity index (χ0v) is 17.9. The lowest BCUT2D eigenvalue weighted by atomic mass is 10.1. The van der Waals surface area contributed by atoms with Crippen molar-refractivity contribution in [2.45, 2.75) is 12.1 Å². The molecule has 0 aliphatic carbocycles. The van der Waals surface area contributed by atoms with Crippen molar-refractivity contribution in [2.75, 3.05) is 26.6 Å². The summed E-state index contributed by atoms with van der Waals surface area (Å²) >= 11 is 1.16. The van der Waals surface area contributed by atoms with Crippen molar-refractivity contribution in [2.24, 2.45) is 0 Å². The van der Waals surface area contributed by atoms with Crippen molar-refractivity contribution >= 4 is 23.2 Å². The molecule has 3 rings (SSSR count). The number of non-ortho nitro benzene ring substituents is 1. The molecule has 31 heavy (non-hydrogen) atoms. The number of benzene rings is 2. The number of rotatable bonds is 10. The Morgan fingerprint density at radius 1 is 1.16 bits per heavy atom. The molecule has 0 bridgehead atoms. The Hall–Kier alpha value is -3.60. The number of carbonyl (C=O) groups is 1. The molecule has 11 heteroatoms. The van der Waals surface area contributed by atoms with Gasteiger partial charge in [0, 0.05) is 23.3 Å². The molecule has 0 atom stereocenters. The summed E-state index contributed by atoms with van der Waals surface area (Å²) in [5.41, 5.74) is 0.997. The lowest BCUT2D eigenvalue weighted by Crippen LogP contribution is -2.02. The fourth-order valence-corrected chi connectivity index (χ4v) is 3.42. The average Bonchev–Trinajstić information content (AvgIpc) is 3.26. The van der Waals surface area contributed by atoms with Gasteiger partial charge < -0.3 is 14.2 Å². The van der Waals surface area contributed by atoms with Crippen molar-refractivity contribution in [3.05, 3.63) is 52.1 Å². The number of ether oxygens (including phenoxy) is 3. The maximum atomic E-state index is 12.3. The van der Waals surface area contributed by atoms with E-state index in [0.29, 0.717) is 46.0 Å². The number of methoxy groups -OCH3 is 2. The molecule has 162 valence electrons. The van der Waals surface area contributed by atoms with Gasteiger partial charge in [0.1, 0.15) is 0 Å². The Labute approximate surface area is 182 Å². The van der Waals surface area contributed by atoms with E-state index in [1.165, 1.54) is 38.5 Å². The summed E-state index contributed by atoms with van der Waals surface area (Å²) < 4.78 is 16.4. The van der Waals surface area contributed by atoms with Gasteiger partial charge in [-0.2, -0.15) is 0 Å². The lowest BCUT2D eigenvalue weighted by Gasteiger charge is -2.14. The standard InChI is InChI=1S/C20H20N4O6S/c1-4-30-18-16(28-2)9-13(10-17(18)29-3)19-21-20(23-22-19)31-11-15(25)12-5-7-14(8-6-12)24(26)27/h5-10H,4,11H2,1-3H3,(H,21,22,23). The van der Waals surface area contributed by atoms with Gasteiger partial charge in [-0.1, -0.05) is 11.8 Å². The van der Waals surface area contributed by atoms with Crippen molar-refractivity contribution in [1.82, 2.24) is 15.2 Å². The van der Waals surface area contributed by atoms with E-state index in [2.05, 4.69) is 15.2 Å². The summed E-state index contributed by atoms with van der Waals surface area (Å²) in [5.74, 6) is 1.87. The van der Waals surface area contributed by atoms with Gasteiger partial charge in [-0.15, -0.1) is 5.10 Å². The first-order valence-electron chi connectivity index (χ1n) is 9.18. The fraction of sp³-hybridized carbons (Fsp3) is 0.250. The van der Waals surface area contributed by atoms with Crippen LogP contribution in [0.1, 0.15) is 17.3 Å². The van der Waals surface area contributed by atoms with Crippen LogP contribution in [-0.2, 0) is 0 Å². The van der Waals surface area contributed by atoms with Crippen molar-refractivity contribution in [3.8, 4) is 28.6 Å². The fourth-order valence-electron chi connectivity index (χ4n) is 2.73. The number of nitro groups is 1. The molecule has 1 heterocycles. The Balaban J connectivity index is 1.73. The van der Waals surface area contributed by atoms with Crippen LogP contribution in [-0.4, -0.2) is 52.5 Å². The average molecular weight is 444 g/mol. The zero-order chi connectivity index (χ0) is 22.4. The van der Waals surface area contributed by atoms with Gasteiger partial charge in [0.05, 0.1) is 31.5 Å². The minimum atomic E-state index is -0.511. The number of aromatic amines is 1. The number of hydrogen-bond acceptors (Lipinski definition) is 9. The molecule has 0 aliphatic rings. The Bertz CT molecular complexity index is 1060. The molecule has 0 saturated heterocycles. The molecular weight excluding hydrogens is 424 g/mol. The van der Waals surface area contributed by atoms with Gasteiger partial charge in [0.25, 0.3) is 5.69 Å². The van der Waals surface area contributed by atoms with Crippen LogP contribution in [0.5, 0.6) is 17.2 Å². The maximum Gasteiger partial charge on any atom is 0.269 e. The predicted octanol–water partition coefficient (Wildman–Crippen LogP) is 3.77. The van der Waals surface area contributed by atoms with Gasteiger partial charge >= 0.3 is 0 Å². The van der Waals surface area contributed by atoms with Crippen LogP contribution in [0, 0.1) is 10.1 Å². The largest absolute Gasteiger partial charge is 0.493 e. The van der Waals surface area contributed by atoms with E-state index in [9.17, 15) is 14.9 Å². The molecule has 0 aliphatic heterocycles. The molecule has 0 unspecified atom stereocenters. The predicted molar refractivity (Wildman–Crippen MR) is 114 cm³/mol. The number of thioether (sulfide) groups is 1. The second-order valence-electron chi connectivity index (χ2n) is 6.13. The Morgan fingerprint density at radius 2 is 1.81 bits per heavy atom. The van der Waals surface area contributed by atoms with E-state index < -0.39 is 4.92 Å². The van der Waals surface area contributed by atoms with E-state index in [1.54, 1.807) is 12.1 Å². The van der Waals surface area contributed by atoms with Crippen molar-refractivity contribution in [3.63, 3.8) is 0 Å². The molecule has 10 nitrogen and oxygen atoms in total. The van der Waals surface area contributed by atoms with Crippen LogP contribution in [0.25, 0.3) is 11.4 Å². The van der Waals surface area contributed by atoms with E-state index in [-0.39, 0.29) is 17.2 Å². The number of Topliss-reactive ketones (excluding diaryl/α,β-unsaturated/α-hetero) is 1. The quantitative estimate of drug-likeness (QED) is 0.215. The van der Waals surface area contributed by atoms with Crippen LogP contribution in [0.2, 0.25) is 0 Å².